The Morgan fingerprint density at radius 1 is 1.22 bits per heavy atom. The highest BCUT2D eigenvalue weighted by Crippen LogP contribution is 2.25. The van der Waals surface area contributed by atoms with Crippen molar-refractivity contribution >= 4 is 17.2 Å². The molecule has 1 heterocycles. The lowest BCUT2D eigenvalue weighted by Gasteiger charge is -2.09. The summed E-state index contributed by atoms with van der Waals surface area (Å²) in [6.07, 6.45) is 2.87. The molecule has 0 spiro atoms. The van der Waals surface area contributed by atoms with E-state index in [1.165, 1.54) is 12.4 Å². The summed E-state index contributed by atoms with van der Waals surface area (Å²) in [7, 11) is 0. The number of benzene rings is 1. The first-order valence-electron chi connectivity index (χ1n) is 4.94. The summed E-state index contributed by atoms with van der Waals surface area (Å²) in [6, 6.07) is 4.43. The Kier molecular flexibility index (Phi) is 3.47. The second-order valence-corrected chi connectivity index (χ2v) is 3.88. The maximum atomic E-state index is 13.0. The molecule has 3 nitrogen and oxygen atoms in total. The van der Waals surface area contributed by atoms with Gasteiger partial charge >= 0.3 is 0 Å². The zero-order chi connectivity index (χ0) is 13.1. The summed E-state index contributed by atoms with van der Waals surface area (Å²) < 4.78 is 31.3. The van der Waals surface area contributed by atoms with Gasteiger partial charge in [-0.25, -0.2) is 8.78 Å². The fraction of sp³-hybridized carbons (Fsp3) is 0. The number of rotatable bonds is 3. The molecule has 6 heteroatoms. The van der Waals surface area contributed by atoms with Gasteiger partial charge < -0.3 is 10.5 Å². The van der Waals surface area contributed by atoms with E-state index >= 15 is 0 Å². The van der Waals surface area contributed by atoms with Gasteiger partial charge in [-0.3, -0.25) is 4.98 Å². The SMILES string of the molecule is NC(=S)c1ccncc1Oc1cc(F)cc(F)c1. The number of halogens is 2. The van der Waals surface area contributed by atoms with E-state index in [4.69, 9.17) is 22.7 Å². The maximum absolute atomic E-state index is 13.0. The number of pyridine rings is 1. The van der Waals surface area contributed by atoms with Crippen LogP contribution in [0.25, 0.3) is 0 Å². The van der Waals surface area contributed by atoms with E-state index in [-0.39, 0.29) is 16.5 Å². The highest BCUT2D eigenvalue weighted by atomic mass is 32.1. The summed E-state index contributed by atoms with van der Waals surface area (Å²) in [6.45, 7) is 0. The smallest absolute Gasteiger partial charge is 0.155 e. The Labute approximate surface area is 107 Å². The molecule has 0 fully saturated rings. The second-order valence-electron chi connectivity index (χ2n) is 3.44. The number of ether oxygens (including phenoxy) is 1. The van der Waals surface area contributed by atoms with Crippen molar-refractivity contribution < 1.29 is 13.5 Å². The van der Waals surface area contributed by atoms with Crippen molar-refractivity contribution in [1.82, 2.24) is 4.98 Å². The third-order valence-corrected chi connectivity index (χ3v) is 2.33. The lowest BCUT2D eigenvalue weighted by atomic mass is 10.2. The first kappa shape index (κ1) is 12.4. The van der Waals surface area contributed by atoms with Crippen LogP contribution in [0.4, 0.5) is 8.78 Å². The molecule has 2 rings (SSSR count). The van der Waals surface area contributed by atoms with Crippen LogP contribution in [0.2, 0.25) is 0 Å². The lowest BCUT2D eigenvalue weighted by molar-refractivity contribution is 0.465. The van der Waals surface area contributed by atoms with Crippen molar-refractivity contribution in [2.45, 2.75) is 0 Å². The largest absolute Gasteiger partial charge is 0.455 e. The first-order valence-corrected chi connectivity index (χ1v) is 5.35. The third kappa shape index (κ3) is 2.78. The summed E-state index contributed by atoms with van der Waals surface area (Å²) in [5, 5.41) is 0. The average molecular weight is 266 g/mol. The minimum atomic E-state index is -0.731. The minimum Gasteiger partial charge on any atom is -0.455 e. The zero-order valence-electron chi connectivity index (χ0n) is 9.06. The van der Waals surface area contributed by atoms with Gasteiger partial charge in [0.1, 0.15) is 22.4 Å². The van der Waals surface area contributed by atoms with E-state index in [9.17, 15) is 8.78 Å². The molecular weight excluding hydrogens is 258 g/mol. The van der Waals surface area contributed by atoms with Crippen LogP contribution >= 0.6 is 12.2 Å². The highest BCUT2D eigenvalue weighted by Gasteiger charge is 2.09. The van der Waals surface area contributed by atoms with E-state index in [1.807, 2.05) is 0 Å². The Morgan fingerprint density at radius 2 is 1.89 bits per heavy atom. The van der Waals surface area contributed by atoms with Crippen molar-refractivity contribution in [3.8, 4) is 11.5 Å². The number of hydrogen-bond acceptors (Lipinski definition) is 3. The predicted octanol–water partition coefficient (Wildman–Crippen LogP) is 2.79. The molecule has 1 aromatic heterocycles. The number of hydrogen-bond donors (Lipinski definition) is 1. The van der Waals surface area contributed by atoms with Gasteiger partial charge in [-0.2, -0.15) is 0 Å². The molecule has 92 valence electrons. The molecule has 18 heavy (non-hydrogen) atoms. The van der Waals surface area contributed by atoms with E-state index in [2.05, 4.69) is 4.98 Å². The van der Waals surface area contributed by atoms with Crippen LogP contribution in [-0.2, 0) is 0 Å². The highest BCUT2D eigenvalue weighted by molar-refractivity contribution is 7.80. The van der Waals surface area contributed by atoms with Gasteiger partial charge in [0.2, 0.25) is 0 Å². The van der Waals surface area contributed by atoms with Crippen molar-refractivity contribution in [1.29, 1.82) is 0 Å². The van der Waals surface area contributed by atoms with Gasteiger partial charge in [0.25, 0.3) is 0 Å². The van der Waals surface area contributed by atoms with E-state index in [0.717, 1.165) is 18.2 Å². The Morgan fingerprint density at radius 3 is 2.50 bits per heavy atom. The normalized spacial score (nSPS) is 10.1. The van der Waals surface area contributed by atoms with Crippen LogP contribution in [-0.4, -0.2) is 9.97 Å². The predicted molar refractivity (Wildman–Crippen MR) is 66.6 cm³/mol. The maximum Gasteiger partial charge on any atom is 0.155 e. The molecule has 2 aromatic rings. The van der Waals surface area contributed by atoms with Crippen LogP contribution in [0.5, 0.6) is 11.5 Å². The Bertz CT molecular complexity index is 584. The Balaban J connectivity index is 2.37. The van der Waals surface area contributed by atoms with E-state index in [1.54, 1.807) is 6.07 Å². The monoisotopic (exact) mass is 266 g/mol. The number of nitrogens with zero attached hydrogens (tertiary/aromatic N) is 1. The molecule has 0 unspecified atom stereocenters. The van der Waals surface area contributed by atoms with Gasteiger partial charge in [0.05, 0.1) is 11.8 Å². The van der Waals surface area contributed by atoms with Gasteiger partial charge in [0.15, 0.2) is 5.75 Å². The molecule has 0 aliphatic heterocycles. The quantitative estimate of drug-likeness (QED) is 0.868. The van der Waals surface area contributed by atoms with Crippen molar-refractivity contribution in [3.05, 3.63) is 53.9 Å². The van der Waals surface area contributed by atoms with Crippen LogP contribution in [0, 0.1) is 11.6 Å². The molecule has 0 atom stereocenters. The summed E-state index contributed by atoms with van der Waals surface area (Å²) in [5.74, 6) is -1.20. The van der Waals surface area contributed by atoms with Crippen LogP contribution in [0.1, 0.15) is 5.56 Å². The van der Waals surface area contributed by atoms with Crippen molar-refractivity contribution in [3.63, 3.8) is 0 Å². The van der Waals surface area contributed by atoms with Crippen LogP contribution in [0.3, 0.4) is 0 Å². The van der Waals surface area contributed by atoms with Crippen molar-refractivity contribution in [2.24, 2.45) is 5.73 Å². The summed E-state index contributed by atoms with van der Waals surface area (Å²) in [4.78, 5) is 3.96. The molecule has 0 aliphatic rings. The van der Waals surface area contributed by atoms with Crippen LogP contribution in [0.15, 0.2) is 36.7 Å². The molecule has 1 aromatic carbocycles. The number of thiocarbonyl (C=S) groups is 1. The fourth-order valence-corrected chi connectivity index (χ4v) is 1.55. The molecule has 0 aliphatic carbocycles. The summed E-state index contributed by atoms with van der Waals surface area (Å²) in [5.41, 5.74) is 5.95. The standard InChI is InChI=1S/C12H8F2N2OS/c13-7-3-8(14)5-9(4-7)17-11-6-16-2-1-10(11)12(15)18/h1-6H,(H2,15,18). The van der Waals surface area contributed by atoms with Gasteiger partial charge in [0, 0.05) is 24.4 Å². The van der Waals surface area contributed by atoms with Gasteiger partial charge in [-0.15, -0.1) is 0 Å². The molecule has 0 saturated heterocycles. The van der Waals surface area contributed by atoms with Gasteiger partial charge in [-0.05, 0) is 6.07 Å². The summed E-state index contributed by atoms with van der Waals surface area (Å²) >= 11 is 4.84. The molecule has 0 radical (unpaired) electrons. The minimum absolute atomic E-state index is 0.0120. The third-order valence-electron chi connectivity index (χ3n) is 2.11. The lowest BCUT2D eigenvalue weighted by Crippen LogP contribution is -2.10. The molecule has 0 saturated carbocycles. The topological polar surface area (TPSA) is 48.1 Å². The second kappa shape index (κ2) is 5.05. The first-order chi connectivity index (χ1) is 8.56. The molecule has 0 amide bonds. The van der Waals surface area contributed by atoms with Gasteiger partial charge in [-0.1, -0.05) is 12.2 Å². The van der Waals surface area contributed by atoms with E-state index in [0.29, 0.717) is 5.56 Å². The van der Waals surface area contributed by atoms with Crippen molar-refractivity contribution in [2.75, 3.05) is 0 Å². The van der Waals surface area contributed by atoms with E-state index < -0.39 is 11.6 Å². The van der Waals surface area contributed by atoms with Crippen LogP contribution < -0.4 is 10.5 Å². The Hall–Kier alpha value is -2.08. The molecule has 2 N–H and O–H groups in total. The zero-order valence-corrected chi connectivity index (χ0v) is 9.88. The number of nitrogens with two attached hydrogens (primary N) is 1. The molecule has 0 bridgehead atoms. The average Bonchev–Trinajstić information content (AvgIpc) is 2.27. The molecular formula is C12H8F2N2OS. The number of aromatic nitrogens is 1. The fourth-order valence-electron chi connectivity index (χ4n) is 1.38.